The second kappa shape index (κ2) is 5.95. The zero-order valence-electron chi connectivity index (χ0n) is 8.04. The summed E-state index contributed by atoms with van der Waals surface area (Å²) >= 11 is 0. The lowest BCUT2D eigenvalue weighted by Crippen LogP contribution is -1.85. The Balaban J connectivity index is 2.28. The van der Waals surface area contributed by atoms with Gasteiger partial charge in [0.2, 0.25) is 9.03 Å². The second-order valence-corrected chi connectivity index (χ2v) is 3.51. The average molecular weight is 198 g/mol. The molecule has 0 aromatic heterocycles. The lowest BCUT2D eigenvalue weighted by atomic mass is 10.2. The Bertz CT molecular complexity index is 250. The standard InChI is InChI=1S/C10H15O2P/c1-3-7-11-13-12-10-6-4-5-9(2)8-10/h4-6,8,13H,3,7H2,1-2H3. The van der Waals surface area contributed by atoms with E-state index in [0.717, 1.165) is 18.8 Å². The van der Waals surface area contributed by atoms with Crippen LogP contribution < -0.4 is 4.52 Å². The van der Waals surface area contributed by atoms with Crippen molar-refractivity contribution in [1.82, 2.24) is 0 Å². The highest BCUT2D eigenvalue weighted by molar-refractivity contribution is 7.26. The predicted octanol–water partition coefficient (Wildman–Crippen LogP) is 3.31. The van der Waals surface area contributed by atoms with Crippen LogP contribution in [-0.2, 0) is 4.52 Å². The van der Waals surface area contributed by atoms with Crippen LogP contribution in [0.3, 0.4) is 0 Å². The first-order valence-electron chi connectivity index (χ1n) is 4.43. The Kier molecular flexibility index (Phi) is 4.81. The molecule has 0 fully saturated rings. The summed E-state index contributed by atoms with van der Waals surface area (Å²) in [6.07, 6.45) is 1.03. The van der Waals surface area contributed by atoms with Crippen molar-refractivity contribution in [2.75, 3.05) is 6.61 Å². The van der Waals surface area contributed by atoms with Crippen LogP contribution in [0.25, 0.3) is 0 Å². The minimum absolute atomic E-state index is 0.113. The van der Waals surface area contributed by atoms with Crippen LogP contribution >= 0.6 is 9.03 Å². The lowest BCUT2D eigenvalue weighted by molar-refractivity contribution is 0.329. The molecule has 0 radical (unpaired) electrons. The molecule has 0 N–H and O–H groups in total. The summed E-state index contributed by atoms with van der Waals surface area (Å²) < 4.78 is 10.6. The Morgan fingerprint density at radius 3 is 2.92 bits per heavy atom. The highest BCUT2D eigenvalue weighted by atomic mass is 31.1. The normalized spacial score (nSPS) is 10.9. The molecule has 0 bridgehead atoms. The first-order chi connectivity index (χ1) is 6.33. The molecule has 0 aliphatic carbocycles. The van der Waals surface area contributed by atoms with Gasteiger partial charge in [-0.1, -0.05) is 19.1 Å². The first-order valence-corrected chi connectivity index (χ1v) is 5.25. The van der Waals surface area contributed by atoms with E-state index in [4.69, 9.17) is 9.05 Å². The Hall–Kier alpha value is -0.590. The van der Waals surface area contributed by atoms with Crippen LogP contribution in [0.2, 0.25) is 0 Å². The Labute approximate surface area is 81.2 Å². The SMILES string of the molecule is CCCOPOc1cccc(C)c1. The van der Waals surface area contributed by atoms with E-state index in [9.17, 15) is 0 Å². The van der Waals surface area contributed by atoms with Gasteiger partial charge in [0, 0.05) is 0 Å². The molecule has 2 nitrogen and oxygen atoms in total. The molecule has 0 saturated carbocycles. The monoisotopic (exact) mass is 198 g/mol. The van der Waals surface area contributed by atoms with E-state index in [1.165, 1.54) is 5.56 Å². The maximum Gasteiger partial charge on any atom is 0.215 e. The van der Waals surface area contributed by atoms with Crippen LogP contribution in [0.5, 0.6) is 5.75 Å². The van der Waals surface area contributed by atoms with Gasteiger partial charge in [0.15, 0.2) is 0 Å². The molecule has 0 spiro atoms. The van der Waals surface area contributed by atoms with Crippen LogP contribution in [0.4, 0.5) is 0 Å². The van der Waals surface area contributed by atoms with Crippen LogP contribution in [-0.4, -0.2) is 6.61 Å². The summed E-state index contributed by atoms with van der Waals surface area (Å²) in [6, 6.07) is 7.97. The predicted molar refractivity (Wildman–Crippen MR) is 56.4 cm³/mol. The fourth-order valence-corrected chi connectivity index (χ4v) is 1.47. The van der Waals surface area contributed by atoms with Crippen molar-refractivity contribution in [3.8, 4) is 5.75 Å². The summed E-state index contributed by atoms with van der Waals surface area (Å²) in [4.78, 5) is 0. The molecule has 3 heteroatoms. The van der Waals surface area contributed by atoms with Gasteiger partial charge in [-0.15, -0.1) is 0 Å². The summed E-state index contributed by atoms with van der Waals surface area (Å²) in [5.74, 6) is 0.884. The van der Waals surface area contributed by atoms with E-state index in [-0.39, 0.29) is 9.03 Å². The fourth-order valence-electron chi connectivity index (χ4n) is 0.900. The van der Waals surface area contributed by atoms with Crippen molar-refractivity contribution >= 4 is 9.03 Å². The molecular formula is C10H15O2P. The lowest BCUT2D eigenvalue weighted by Gasteiger charge is -2.05. The smallest absolute Gasteiger partial charge is 0.215 e. The molecule has 1 aromatic rings. The topological polar surface area (TPSA) is 18.5 Å². The van der Waals surface area contributed by atoms with Crippen LogP contribution in [0.15, 0.2) is 24.3 Å². The Morgan fingerprint density at radius 1 is 1.38 bits per heavy atom. The summed E-state index contributed by atoms with van der Waals surface area (Å²) in [7, 11) is 0.113. The summed E-state index contributed by atoms with van der Waals surface area (Å²) in [5.41, 5.74) is 1.21. The van der Waals surface area contributed by atoms with Gasteiger partial charge in [0.25, 0.3) is 0 Å². The minimum atomic E-state index is 0.113. The molecule has 0 saturated heterocycles. The van der Waals surface area contributed by atoms with Crippen molar-refractivity contribution in [2.24, 2.45) is 0 Å². The quantitative estimate of drug-likeness (QED) is 0.533. The maximum absolute atomic E-state index is 5.39. The Morgan fingerprint density at radius 2 is 2.23 bits per heavy atom. The van der Waals surface area contributed by atoms with Gasteiger partial charge in [-0.3, -0.25) is 0 Å². The van der Waals surface area contributed by atoms with Crippen molar-refractivity contribution in [3.63, 3.8) is 0 Å². The van der Waals surface area contributed by atoms with E-state index >= 15 is 0 Å². The molecule has 0 aliphatic rings. The summed E-state index contributed by atoms with van der Waals surface area (Å²) in [5, 5.41) is 0. The molecule has 13 heavy (non-hydrogen) atoms. The van der Waals surface area contributed by atoms with E-state index in [1.54, 1.807) is 0 Å². The molecule has 0 amide bonds. The molecule has 1 atom stereocenters. The minimum Gasteiger partial charge on any atom is -0.450 e. The van der Waals surface area contributed by atoms with Gasteiger partial charge < -0.3 is 9.05 Å². The van der Waals surface area contributed by atoms with Gasteiger partial charge in [0.1, 0.15) is 5.75 Å². The van der Waals surface area contributed by atoms with Crippen molar-refractivity contribution in [3.05, 3.63) is 29.8 Å². The van der Waals surface area contributed by atoms with Gasteiger partial charge in [-0.05, 0) is 31.0 Å². The molecule has 0 heterocycles. The molecule has 72 valence electrons. The summed E-state index contributed by atoms with van der Waals surface area (Å²) in [6.45, 7) is 4.89. The van der Waals surface area contributed by atoms with E-state index < -0.39 is 0 Å². The van der Waals surface area contributed by atoms with Gasteiger partial charge >= 0.3 is 0 Å². The largest absolute Gasteiger partial charge is 0.450 e. The number of hydrogen-bond donors (Lipinski definition) is 0. The van der Waals surface area contributed by atoms with E-state index in [2.05, 4.69) is 6.92 Å². The third-order valence-corrected chi connectivity index (χ3v) is 2.16. The second-order valence-electron chi connectivity index (χ2n) is 2.85. The zero-order chi connectivity index (χ0) is 9.52. The van der Waals surface area contributed by atoms with Gasteiger partial charge in [-0.2, -0.15) is 0 Å². The van der Waals surface area contributed by atoms with E-state index in [1.807, 2.05) is 31.2 Å². The number of hydrogen-bond acceptors (Lipinski definition) is 2. The van der Waals surface area contributed by atoms with Gasteiger partial charge in [-0.25, -0.2) is 0 Å². The van der Waals surface area contributed by atoms with Crippen LogP contribution in [0.1, 0.15) is 18.9 Å². The van der Waals surface area contributed by atoms with Crippen molar-refractivity contribution in [2.45, 2.75) is 20.3 Å². The number of benzene rings is 1. The maximum atomic E-state index is 5.39. The number of rotatable bonds is 5. The molecule has 1 unspecified atom stereocenters. The van der Waals surface area contributed by atoms with Crippen LogP contribution in [0, 0.1) is 6.92 Å². The third kappa shape index (κ3) is 4.25. The number of aryl methyl sites for hydroxylation is 1. The van der Waals surface area contributed by atoms with Crippen molar-refractivity contribution in [1.29, 1.82) is 0 Å². The molecule has 1 aromatic carbocycles. The third-order valence-electron chi connectivity index (χ3n) is 1.51. The average Bonchev–Trinajstić information content (AvgIpc) is 2.13. The molecular weight excluding hydrogens is 183 g/mol. The highest BCUT2D eigenvalue weighted by Gasteiger charge is 1.93. The first kappa shape index (κ1) is 10.5. The molecule has 1 rings (SSSR count). The molecule has 0 aliphatic heterocycles. The van der Waals surface area contributed by atoms with Gasteiger partial charge in [0.05, 0.1) is 6.61 Å². The fraction of sp³-hybridized carbons (Fsp3) is 0.400. The zero-order valence-corrected chi connectivity index (χ0v) is 9.04. The van der Waals surface area contributed by atoms with Crippen molar-refractivity contribution < 1.29 is 9.05 Å². The van der Waals surface area contributed by atoms with E-state index in [0.29, 0.717) is 0 Å². The highest BCUT2D eigenvalue weighted by Crippen LogP contribution is 2.22.